The first-order chi connectivity index (χ1) is 9.81. The van der Waals surface area contributed by atoms with Gasteiger partial charge in [0.15, 0.2) is 0 Å². The molecule has 0 aliphatic heterocycles. The van der Waals surface area contributed by atoms with E-state index in [4.69, 9.17) is 0 Å². The molecular weight excluding hydrogens is 242 g/mol. The average molecular weight is 267 g/mol. The summed E-state index contributed by atoms with van der Waals surface area (Å²) in [7, 11) is 0. The number of nitrogens with one attached hydrogen (secondary N) is 1. The van der Waals surface area contributed by atoms with Crippen molar-refractivity contribution >= 4 is 0 Å². The molecule has 0 bridgehead atoms. The molecule has 0 amide bonds. The van der Waals surface area contributed by atoms with Crippen LogP contribution in [0.2, 0.25) is 0 Å². The molecule has 0 saturated heterocycles. The molecule has 0 saturated carbocycles. The fourth-order valence-corrected chi connectivity index (χ4v) is 2.42. The van der Waals surface area contributed by atoms with Gasteiger partial charge in [0.05, 0.1) is 0 Å². The summed E-state index contributed by atoms with van der Waals surface area (Å²) in [5.41, 5.74) is 2.77. The molecule has 0 heterocycles. The van der Waals surface area contributed by atoms with Crippen LogP contribution in [0.15, 0.2) is 60.7 Å². The second-order valence-electron chi connectivity index (χ2n) is 5.55. The highest BCUT2D eigenvalue weighted by atomic mass is 14.9. The van der Waals surface area contributed by atoms with Gasteiger partial charge in [-0.3, -0.25) is 0 Å². The molecule has 0 aromatic heterocycles. The third kappa shape index (κ3) is 4.21. The lowest BCUT2D eigenvalue weighted by Gasteiger charge is -2.20. The van der Waals surface area contributed by atoms with Gasteiger partial charge < -0.3 is 5.32 Å². The third-order valence-electron chi connectivity index (χ3n) is 3.94. The van der Waals surface area contributed by atoms with E-state index < -0.39 is 0 Å². The highest BCUT2D eigenvalue weighted by Gasteiger charge is 2.13. The minimum atomic E-state index is 0.432. The van der Waals surface area contributed by atoms with Crippen LogP contribution in [0.1, 0.15) is 37.3 Å². The second kappa shape index (κ2) is 7.86. The summed E-state index contributed by atoms with van der Waals surface area (Å²) in [5.74, 6) is 1.17. The van der Waals surface area contributed by atoms with Gasteiger partial charge >= 0.3 is 0 Å². The lowest BCUT2D eigenvalue weighted by Crippen LogP contribution is -2.26. The Morgan fingerprint density at radius 3 is 1.75 bits per heavy atom. The smallest absolute Gasteiger partial charge is 0.0214 e. The monoisotopic (exact) mass is 267 g/mol. The van der Waals surface area contributed by atoms with Crippen molar-refractivity contribution in [2.75, 3.05) is 13.1 Å². The normalized spacial score (nSPS) is 12.6. The van der Waals surface area contributed by atoms with Gasteiger partial charge in [-0.1, -0.05) is 80.9 Å². The van der Waals surface area contributed by atoms with Crippen LogP contribution in [0.25, 0.3) is 0 Å². The van der Waals surface area contributed by atoms with Crippen molar-refractivity contribution in [3.8, 4) is 0 Å². The van der Waals surface area contributed by atoms with E-state index in [1.165, 1.54) is 17.5 Å². The Hall–Kier alpha value is -1.60. The molecule has 1 heteroatoms. The Morgan fingerprint density at radius 1 is 0.800 bits per heavy atom. The van der Waals surface area contributed by atoms with Gasteiger partial charge in [-0.05, 0) is 23.6 Å². The Labute approximate surface area is 123 Å². The summed E-state index contributed by atoms with van der Waals surface area (Å²) in [6.07, 6.45) is 1.23. The van der Waals surface area contributed by atoms with Crippen molar-refractivity contribution in [2.45, 2.75) is 26.2 Å². The number of benzene rings is 2. The molecule has 0 aliphatic carbocycles. The Morgan fingerprint density at radius 2 is 1.30 bits per heavy atom. The molecule has 2 aromatic rings. The topological polar surface area (TPSA) is 12.0 Å². The zero-order valence-corrected chi connectivity index (χ0v) is 12.5. The second-order valence-corrected chi connectivity index (χ2v) is 5.55. The van der Waals surface area contributed by atoms with Crippen LogP contribution in [0.4, 0.5) is 0 Å². The molecule has 20 heavy (non-hydrogen) atoms. The summed E-state index contributed by atoms with van der Waals surface area (Å²) in [6, 6.07) is 21.6. The minimum absolute atomic E-state index is 0.432. The van der Waals surface area contributed by atoms with Gasteiger partial charge in [-0.25, -0.2) is 0 Å². The van der Waals surface area contributed by atoms with E-state index in [1.807, 2.05) is 0 Å². The van der Waals surface area contributed by atoms with E-state index in [1.54, 1.807) is 0 Å². The molecule has 1 N–H and O–H groups in total. The van der Waals surface area contributed by atoms with Gasteiger partial charge in [0.2, 0.25) is 0 Å². The molecule has 0 radical (unpaired) electrons. The molecule has 0 fully saturated rings. The van der Waals surface area contributed by atoms with E-state index in [0.717, 1.165) is 19.0 Å². The van der Waals surface area contributed by atoms with Crippen LogP contribution in [0, 0.1) is 5.92 Å². The molecular formula is C19H25N. The molecule has 1 atom stereocenters. The Balaban J connectivity index is 2.09. The number of hydrogen-bond acceptors (Lipinski definition) is 1. The van der Waals surface area contributed by atoms with Crippen LogP contribution in [0.3, 0.4) is 0 Å². The summed E-state index contributed by atoms with van der Waals surface area (Å²) in [5, 5.41) is 3.63. The van der Waals surface area contributed by atoms with Gasteiger partial charge in [-0.2, -0.15) is 0 Å². The van der Waals surface area contributed by atoms with Crippen molar-refractivity contribution in [1.29, 1.82) is 0 Å². The summed E-state index contributed by atoms with van der Waals surface area (Å²) in [4.78, 5) is 0. The Kier molecular flexibility index (Phi) is 5.82. The maximum atomic E-state index is 3.63. The molecule has 1 nitrogen and oxygen atoms in total. The summed E-state index contributed by atoms with van der Waals surface area (Å²) in [6.45, 7) is 6.64. The zero-order chi connectivity index (χ0) is 14.2. The lowest BCUT2D eigenvalue weighted by atomic mass is 9.91. The van der Waals surface area contributed by atoms with Crippen molar-refractivity contribution in [1.82, 2.24) is 5.32 Å². The molecule has 2 aromatic carbocycles. The fourth-order valence-electron chi connectivity index (χ4n) is 2.42. The first kappa shape index (κ1) is 14.8. The summed E-state index contributed by atoms with van der Waals surface area (Å²) >= 11 is 0. The SMILES string of the molecule is CCC(C)CNCC(c1ccccc1)c1ccccc1. The van der Waals surface area contributed by atoms with Crippen LogP contribution < -0.4 is 5.32 Å². The molecule has 0 spiro atoms. The first-order valence-corrected chi connectivity index (χ1v) is 7.62. The molecule has 0 aliphatic rings. The van der Waals surface area contributed by atoms with Crippen LogP contribution in [0.5, 0.6) is 0 Å². The lowest BCUT2D eigenvalue weighted by molar-refractivity contribution is 0.492. The Bertz CT molecular complexity index is 438. The standard InChI is InChI=1S/C19H25N/c1-3-16(2)14-20-15-19(17-10-6-4-7-11-17)18-12-8-5-9-13-18/h4-13,16,19-20H,3,14-15H2,1-2H3. The van der Waals surface area contributed by atoms with E-state index in [-0.39, 0.29) is 0 Å². The zero-order valence-electron chi connectivity index (χ0n) is 12.5. The molecule has 1 unspecified atom stereocenters. The maximum Gasteiger partial charge on any atom is 0.0214 e. The first-order valence-electron chi connectivity index (χ1n) is 7.62. The molecule has 106 valence electrons. The quantitative estimate of drug-likeness (QED) is 0.781. The van der Waals surface area contributed by atoms with Crippen LogP contribution in [-0.2, 0) is 0 Å². The third-order valence-corrected chi connectivity index (χ3v) is 3.94. The largest absolute Gasteiger partial charge is 0.316 e. The van der Waals surface area contributed by atoms with Crippen LogP contribution >= 0.6 is 0 Å². The van der Waals surface area contributed by atoms with E-state index in [2.05, 4.69) is 79.8 Å². The molecule has 2 rings (SSSR count). The number of rotatable bonds is 7. The van der Waals surface area contributed by atoms with Gasteiger partial charge in [0.1, 0.15) is 0 Å². The van der Waals surface area contributed by atoms with Gasteiger partial charge in [0.25, 0.3) is 0 Å². The van der Waals surface area contributed by atoms with Crippen molar-refractivity contribution < 1.29 is 0 Å². The van der Waals surface area contributed by atoms with E-state index in [0.29, 0.717) is 5.92 Å². The number of hydrogen-bond donors (Lipinski definition) is 1. The summed E-state index contributed by atoms with van der Waals surface area (Å²) < 4.78 is 0. The van der Waals surface area contributed by atoms with Crippen molar-refractivity contribution in [3.63, 3.8) is 0 Å². The maximum absolute atomic E-state index is 3.63. The fraction of sp³-hybridized carbons (Fsp3) is 0.368. The minimum Gasteiger partial charge on any atom is -0.316 e. The predicted molar refractivity (Wildman–Crippen MR) is 87.1 cm³/mol. The van der Waals surface area contributed by atoms with E-state index >= 15 is 0 Å². The highest BCUT2D eigenvalue weighted by Crippen LogP contribution is 2.23. The van der Waals surface area contributed by atoms with Gasteiger partial charge in [0, 0.05) is 12.5 Å². The van der Waals surface area contributed by atoms with Crippen molar-refractivity contribution in [3.05, 3.63) is 71.8 Å². The van der Waals surface area contributed by atoms with Crippen LogP contribution in [-0.4, -0.2) is 13.1 Å². The van der Waals surface area contributed by atoms with Gasteiger partial charge in [-0.15, -0.1) is 0 Å². The van der Waals surface area contributed by atoms with E-state index in [9.17, 15) is 0 Å². The van der Waals surface area contributed by atoms with Crippen molar-refractivity contribution in [2.24, 2.45) is 5.92 Å². The predicted octanol–water partition coefficient (Wildman–Crippen LogP) is 4.45. The highest BCUT2D eigenvalue weighted by molar-refractivity contribution is 5.32. The average Bonchev–Trinajstić information content (AvgIpc) is 2.53.